The zero-order chi connectivity index (χ0) is 14.8. The summed E-state index contributed by atoms with van der Waals surface area (Å²) in [6.45, 7) is 7.31. The van der Waals surface area contributed by atoms with Crippen LogP contribution in [0.25, 0.3) is 0 Å². The number of carbonyl (C=O) groups excluding carboxylic acids is 1. The monoisotopic (exact) mass is 291 g/mol. The molecule has 21 heavy (non-hydrogen) atoms. The van der Waals surface area contributed by atoms with E-state index in [4.69, 9.17) is 4.74 Å². The molecule has 0 spiro atoms. The number of amides is 1. The van der Waals surface area contributed by atoms with E-state index in [0.29, 0.717) is 18.4 Å². The lowest BCUT2D eigenvalue weighted by Gasteiger charge is -2.22. The molecule has 116 valence electrons. The van der Waals surface area contributed by atoms with Crippen LogP contribution in [0.1, 0.15) is 56.0 Å². The highest BCUT2D eigenvalue weighted by Crippen LogP contribution is 2.32. The van der Waals surface area contributed by atoms with Gasteiger partial charge in [0.05, 0.1) is 18.9 Å². The Morgan fingerprint density at radius 1 is 1.48 bits per heavy atom. The molecule has 3 heterocycles. The summed E-state index contributed by atoms with van der Waals surface area (Å²) >= 11 is 0. The fourth-order valence-corrected chi connectivity index (χ4v) is 3.55. The first-order valence-corrected chi connectivity index (χ1v) is 8.17. The number of ether oxygens (including phenoxy) is 1. The predicted octanol–water partition coefficient (Wildman–Crippen LogP) is 2.23. The molecule has 5 nitrogen and oxygen atoms in total. The Bertz CT molecular complexity index is 508. The van der Waals surface area contributed by atoms with Crippen molar-refractivity contribution in [2.24, 2.45) is 5.92 Å². The molecule has 0 aliphatic carbocycles. The van der Waals surface area contributed by atoms with Gasteiger partial charge < -0.3 is 9.64 Å². The van der Waals surface area contributed by atoms with Gasteiger partial charge in [0.1, 0.15) is 0 Å². The van der Waals surface area contributed by atoms with E-state index < -0.39 is 0 Å². The maximum atomic E-state index is 12.5. The molecule has 1 atom stereocenters. The molecule has 2 aliphatic rings. The Labute approximate surface area is 126 Å². The molecule has 0 aromatic carbocycles. The topological polar surface area (TPSA) is 58.2 Å². The Balaban J connectivity index is 1.70. The highest BCUT2D eigenvalue weighted by molar-refractivity contribution is 5.79. The zero-order valence-corrected chi connectivity index (χ0v) is 13.0. The van der Waals surface area contributed by atoms with Gasteiger partial charge in [0, 0.05) is 42.6 Å². The minimum absolute atomic E-state index is 0.181. The lowest BCUT2D eigenvalue weighted by atomic mass is 9.98. The maximum absolute atomic E-state index is 12.5. The third-order valence-electron chi connectivity index (χ3n) is 4.95. The first kappa shape index (κ1) is 14.6. The fraction of sp³-hybridized carbons (Fsp3) is 0.750. The van der Waals surface area contributed by atoms with Crippen LogP contribution in [0, 0.1) is 5.92 Å². The Hall–Kier alpha value is -1.36. The Morgan fingerprint density at radius 2 is 2.29 bits per heavy atom. The largest absolute Gasteiger partial charge is 0.376 e. The van der Waals surface area contributed by atoms with E-state index in [2.05, 4.69) is 24.0 Å². The number of H-pyrrole nitrogens is 1. The molecule has 1 saturated heterocycles. The number of hydrogen-bond acceptors (Lipinski definition) is 3. The Morgan fingerprint density at radius 3 is 3.05 bits per heavy atom. The van der Waals surface area contributed by atoms with Gasteiger partial charge in [-0.15, -0.1) is 0 Å². The van der Waals surface area contributed by atoms with Crippen molar-refractivity contribution < 1.29 is 9.53 Å². The van der Waals surface area contributed by atoms with Crippen molar-refractivity contribution in [2.75, 3.05) is 19.7 Å². The van der Waals surface area contributed by atoms with Gasteiger partial charge in [-0.3, -0.25) is 9.89 Å². The van der Waals surface area contributed by atoms with Gasteiger partial charge in [-0.2, -0.15) is 5.10 Å². The summed E-state index contributed by atoms with van der Waals surface area (Å²) in [5, 5.41) is 7.67. The molecule has 1 unspecified atom stereocenters. The van der Waals surface area contributed by atoms with Crippen molar-refractivity contribution in [3.8, 4) is 0 Å². The number of aromatic amines is 1. The van der Waals surface area contributed by atoms with Crippen LogP contribution < -0.4 is 0 Å². The summed E-state index contributed by atoms with van der Waals surface area (Å²) < 4.78 is 5.56. The standard InChI is InChI=1S/C16H25N3O2/c1-3-11(4-2)16(20)19-7-5-12(9-19)15-13-10-21-8-6-14(13)17-18-15/h11-12H,3-10H2,1-2H3,(H,17,18). The van der Waals surface area contributed by atoms with E-state index >= 15 is 0 Å². The lowest BCUT2D eigenvalue weighted by Crippen LogP contribution is -2.34. The summed E-state index contributed by atoms with van der Waals surface area (Å²) in [6, 6.07) is 0. The van der Waals surface area contributed by atoms with Crippen LogP contribution in [0.15, 0.2) is 0 Å². The number of nitrogens with zero attached hydrogens (tertiary/aromatic N) is 2. The molecule has 2 aliphatic heterocycles. The average Bonchev–Trinajstić information content (AvgIpc) is 3.14. The summed E-state index contributed by atoms with van der Waals surface area (Å²) in [7, 11) is 0. The van der Waals surface area contributed by atoms with Crippen molar-refractivity contribution in [2.45, 2.75) is 52.1 Å². The van der Waals surface area contributed by atoms with Crippen molar-refractivity contribution in [1.29, 1.82) is 0 Å². The summed E-state index contributed by atoms with van der Waals surface area (Å²) in [5.41, 5.74) is 3.59. The molecule has 1 aromatic heterocycles. The van der Waals surface area contributed by atoms with Gasteiger partial charge in [-0.05, 0) is 19.3 Å². The molecular weight excluding hydrogens is 266 g/mol. The predicted molar refractivity (Wildman–Crippen MR) is 80.0 cm³/mol. The van der Waals surface area contributed by atoms with E-state index in [1.165, 1.54) is 11.3 Å². The summed E-state index contributed by atoms with van der Waals surface area (Å²) in [6.07, 6.45) is 3.80. The minimum atomic E-state index is 0.181. The first-order chi connectivity index (χ1) is 10.2. The number of aromatic nitrogens is 2. The van der Waals surface area contributed by atoms with Crippen LogP contribution in [0.4, 0.5) is 0 Å². The third-order valence-corrected chi connectivity index (χ3v) is 4.95. The molecule has 0 bridgehead atoms. The number of hydrogen-bond donors (Lipinski definition) is 1. The van der Waals surface area contributed by atoms with Crippen LogP contribution >= 0.6 is 0 Å². The van der Waals surface area contributed by atoms with Crippen molar-refractivity contribution in [3.63, 3.8) is 0 Å². The molecule has 1 N–H and O–H groups in total. The lowest BCUT2D eigenvalue weighted by molar-refractivity contribution is -0.134. The van der Waals surface area contributed by atoms with E-state index in [0.717, 1.165) is 51.1 Å². The minimum Gasteiger partial charge on any atom is -0.376 e. The normalized spacial score (nSPS) is 21.9. The SMILES string of the molecule is CCC(CC)C(=O)N1CCC(c2n[nH]c3c2COCC3)C1. The second kappa shape index (κ2) is 6.18. The zero-order valence-electron chi connectivity index (χ0n) is 13.0. The van der Waals surface area contributed by atoms with Gasteiger partial charge in [0.15, 0.2) is 0 Å². The quantitative estimate of drug-likeness (QED) is 0.925. The Kier molecular flexibility index (Phi) is 4.29. The summed E-state index contributed by atoms with van der Waals surface area (Å²) in [4.78, 5) is 14.5. The highest BCUT2D eigenvalue weighted by Gasteiger charge is 2.33. The number of likely N-dealkylation sites (tertiary alicyclic amines) is 1. The molecule has 1 fully saturated rings. The molecule has 1 aromatic rings. The van der Waals surface area contributed by atoms with Crippen LogP contribution in [0.5, 0.6) is 0 Å². The van der Waals surface area contributed by atoms with Gasteiger partial charge in [0.25, 0.3) is 0 Å². The number of rotatable bonds is 4. The van der Waals surface area contributed by atoms with E-state index in [-0.39, 0.29) is 5.92 Å². The number of fused-ring (bicyclic) bond motifs is 1. The first-order valence-electron chi connectivity index (χ1n) is 8.17. The maximum Gasteiger partial charge on any atom is 0.225 e. The molecule has 1 amide bonds. The van der Waals surface area contributed by atoms with Crippen molar-refractivity contribution in [1.82, 2.24) is 15.1 Å². The average molecular weight is 291 g/mol. The van der Waals surface area contributed by atoms with Gasteiger partial charge in [-0.1, -0.05) is 13.8 Å². The van der Waals surface area contributed by atoms with E-state index in [9.17, 15) is 4.79 Å². The number of carbonyl (C=O) groups is 1. The summed E-state index contributed by atoms with van der Waals surface area (Å²) in [5.74, 6) is 0.869. The van der Waals surface area contributed by atoms with Crippen molar-refractivity contribution >= 4 is 5.91 Å². The molecule has 0 radical (unpaired) electrons. The molecule has 3 rings (SSSR count). The van der Waals surface area contributed by atoms with Gasteiger partial charge in [-0.25, -0.2) is 0 Å². The molecule has 5 heteroatoms. The van der Waals surface area contributed by atoms with Crippen molar-refractivity contribution in [3.05, 3.63) is 17.0 Å². The van der Waals surface area contributed by atoms with Crippen LogP contribution in [0.2, 0.25) is 0 Å². The smallest absolute Gasteiger partial charge is 0.225 e. The second-order valence-electron chi connectivity index (χ2n) is 6.15. The van der Waals surface area contributed by atoms with Gasteiger partial charge in [0.2, 0.25) is 5.91 Å². The van der Waals surface area contributed by atoms with Gasteiger partial charge >= 0.3 is 0 Å². The molecular formula is C16H25N3O2. The van der Waals surface area contributed by atoms with Crippen LogP contribution in [-0.4, -0.2) is 40.7 Å². The van der Waals surface area contributed by atoms with E-state index in [1.54, 1.807) is 0 Å². The fourth-order valence-electron chi connectivity index (χ4n) is 3.55. The van der Waals surface area contributed by atoms with E-state index in [1.807, 2.05) is 4.90 Å². The highest BCUT2D eigenvalue weighted by atomic mass is 16.5. The third kappa shape index (κ3) is 2.71. The second-order valence-corrected chi connectivity index (χ2v) is 6.15. The number of nitrogens with one attached hydrogen (secondary N) is 1. The van der Waals surface area contributed by atoms with Crippen LogP contribution in [0.3, 0.4) is 0 Å². The molecule has 0 saturated carbocycles. The van der Waals surface area contributed by atoms with Crippen LogP contribution in [-0.2, 0) is 22.6 Å².